The van der Waals surface area contributed by atoms with Crippen molar-refractivity contribution < 1.29 is 23.1 Å². The molecule has 0 aromatic heterocycles. The van der Waals surface area contributed by atoms with Gasteiger partial charge in [0.25, 0.3) is 0 Å². The molecular weight excluding hydrogens is 271 g/mol. The first-order chi connectivity index (χ1) is 9.58. The Hall–Kier alpha value is -2.50. The lowest BCUT2D eigenvalue weighted by atomic mass is 10.0. The Balaban J connectivity index is 2.56. The van der Waals surface area contributed by atoms with Crippen molar-refractivity contribution in [2.75, 3.05) is 7.11 Å². The summed E-state index contributed by atoms with van der Waals surface area (Å²) < 4.78 is 45.0. The van der Waals surface area contributed by atoms with Crippen molar-refractivity contribution in [2.45, 2.75) is 0 Å². The van der Waals surface area contributed by atoms with Gasteiger partial charge in [-0.2, -0.15) is 0 Å². The molecule has 0 unspecified atom stereocenters. The van der Waals surface area contributed by atoms with Crippen LogP contribution in [0.3, 0.4) is 0 Å². The van der Waals surface area contributed by atoms with Gasteiger partial charge in [-0.3, -0.25) is 0 Å². The summed E-state index contributed by atoms with van der Waals surface area (Å²) in [4.78, 5) is 0. The monoisotopic (exact) mass is 281 g/mol. The third kappa shape index (κ3) is 2.45. The molecular formula is C14H10F3NO2. The number of halogens is 3. The van der Waals surface area contributed by atoms with E-state index >= 15 is 0 Å². The maximum Gasteiger partial charge on any atom is 0.174 e. The van der Waals surface area contributed by atoms with Crippen LogP contribution in [0, 0.1) is 17.5 Å². The smallest absolute Gasteiger partial charge is 0.174 e. The van der Waals surface area contributed by atoms with Crippen LogP contribution in [-0.4, -0.2) is 18.0 Å². The van der Waals surface area contributed by atoms with E-state index < -0.39 is 17.5 Å². The average molecular weight is 281 g/mol. The lowest BCUT2D eigenvalue weighted by molar-refractivity contribution is 0.319. The van der Waals surface area contributed by atoms with Crippen molar-refractivity contribution >= 4 is 5.71 Å². The molecule has 0 radical (unpaired) electrons. The zero-order chi connectivity index (χ0) is 14.7. The number of rotatable bonds is 3. The van der Waals surface area contributed by atoms with Gasteiger partial charge in [0.15, 0.2) is 23.2 Å². The van der Waals surface area contributed by atoms with Gasteiger partial charge in [-0.15, -0.1) is 0 Å². The highest BCUT2D eigenvalue weighted by atomic mass is 19.2. The number of hydrogen-bond acceptors (Lipinski definition) is 3. The fraction of sp³-hybridized carbons (Fsp3) is 0.0714. The fourth-order valence-electron chi connectivity index (χ4n) is 1.76. The fourth-order valence-corrected chi connectivity index (χ4v) is 1.76. The Labute approximate surface area is 112 Å². The molecule has 1 N–H and O–H groups in total. The van der Waals surface area contributed by atoms with Crippen molar-refractivity contribution in [3.05, 3.63) is 65.0 Å². The Bertz CT molecular complexity index is 671. The summed E-state index contributed by atoms with van der Waals surface area (Å²) in [5.41, 5.74) is -0.267. The molecule has 2 aromatic rings. The predicted octanol–water partition coefficient (Wildman–Crippen LogP) is 3.34. The van der Waals surface area contributed by atoms with E-state index in [0.717, 1.165) is 12.1 Å². The van der Waals surface area contributed by atoms with E-state index in [0.29, 0.717) is 0 Å². The lowest BCUT2D eigenvalue weighted by Crippen LogP contribution is -2.08. The first-order valence-corrected chi connectivity index (χ1v) is 5.58. The van der Waals surface area contributed by atoms with Gasteiger partial charge in [0, 0.05) is 11.1 Å². The first-order valence-electron chi connectivity index (χ1n) is 5.58. The minimum atomic E-state index is -1.12. The number of ether oxygens (including phenoxy) is 1. The summed E-state index contributed by atoms with van der Waals surface area (Å²) in [6, 6.07) is 7.10. The van der Waals surface area contributed by atoms with Gasteiger partial charge in [-0.05, 0) is 30.3 Å². The Morgan fingerprint density at radius 1 is 1.10 bits per heavy atom. The van der Waals surface area contributed by atoms with Crippen molar-refractivity contribution in [1.82, 2.24) is 0 Å². The Morgan fingerprint density at radius 3 is 2.45 bits per heavy atom. The molecule has 0 saturated heterocycles. The van der Waals surface area contributed by atoms with Crippen LogP contribution in [0.5, 0.6) is 5.75 Å². The maximum atomic E-state index is 14.1. The molecule has 2 aromatic carbocycles. The van der Waals surface area contributed by atoms with Crippen LogP contribution in [0.2, 0.25) is 0 Å². The molecule has 0 heterocycles. The van der Waals surface area contributed by atoms with Gasteiger partial charge in [-0.25, -0.2) is 13.2 Å². The lowest BCUT2D eigenvalue weighted by Gasteiger charge is -2.09. The van der Waals surface area contributed by atoms with Gasteiger partial charge in [-0.1, -0.05) is 11.2 Å². The third-order valence-corrected chi connectivity index (χ3v) is 2.73. The van der Waals surface area contributed by atoms with Crippen molar-refractivity contribution in [3.8, 4) is 5.75 Å². The number of nitrogens with zero attached hydrogens (tertiary/aromatic N) is 1. The minimum Gasteiger partial charge on any atom is -0.494 e. The van der Waals surface area contributed by atoms with Crippen LogP contribution in [0.15, 0.2) is 41.6 Å². The molecule has 0 atom stereocenters. The Kier molecular flexibility index (Phi) is 3.93. The molecule has 2 rings (SSSR count). The highest BCUT2D eigenvalue weighted by Gasteiger charge is 2.17. The summed E-state index contributed by atoms with van der Waals surface area (Å²) in [6.07, 6.45) is 0. The van der Waals surface area contributed by atoms with Crippen LogP contribution in [0.4, 0.5) is 13.2 Å². The van der Waals surface area contributed by atoms with E-state index in [1.165, 1.54) is 31.4 Å². The SMILES string of the molecule is COc1cccc(/C(=N\O)c2ccc(F)c(F)c2)c1F. The molecule has 6 heteroatoms. The zero-order valence-corrected chi connectivity index (χ0v) is 10.4. The van der Waals surface area contributed by atoms with Gasteiger partial charge >= 0.3 is 0 Å². The van der Waals surface area contributed by atoms with Gasteiger partial charge in [0.1, 0.15) is 5.71 Å². The quantitative estimate of drug-likeness (QED) is 0.532. The number of methoxy groups -OCH3 is 1. The zero-order valence-electron chi connectivity index (χ0n) is 10.4. The molecule has 0 aliphatic heterocycles. The molecule has 0 saturated carbocycles. The van der Waals surface area contributed by atoms with E-state index in [4.69, 9.17) is 9.94 Å². The van der Waals surface area contributed by atoms with Crippen molar-refractivity contribution in [3.63, 3.8) is 0 Å². The van der Waals surface area contributed by atoms with E-state index in [1.807, 2.05) is 0 Å². The van der Waals surface area contributed by atoms with Crippen LogP contribution in [0.1, 0.15) is 11.1 Å². The number of oxime groups is 1. The second-order valence-corrected chi connectivity index (χ2v) is 3.90. The highest BCUT2D eigenvalue weighted by molar-refractivity contribution is 6.12. The summed E-state index contributed by atoms with van der Waals surface area (Å²) in [5.74, 6) is -2.97. The average Bonchev–Trinajstić information content (AvgIpc) is 2.45. The molecule has 0 bridgehead atoms. The van der Waals surface area contributed by atoms with E-state index in [9.17, 15) is 13.2 Å². The van der Waals surface area contributed by atoms with Crippen molar-refractivity contribution in [1.29, 1.82) is 0 Å². The molecule has 0 aliphatic carbocycles. The molecule has 0 amide bonds. The second-order valence-electron chi connectivity index (χ2n) is 3.90. The number of hydrogen-bond donors (Lipinski definition) is 1. The van der Waals surface area contributed by atoms with Crippen LogP contribution in [0.25, 0.3) is 0 Å². The van der Waals surface area contributed by atoms with E-state index in [-0.39, 0.29) is 22.6 Å². The molecule has 3 nitrogen and oxygen atoms in total. The second kappa shape index (κ2) is 5.64. The minimum absolute atomic E-state index is 0.0403. The first kappa shape index (κ1) is 13.9. The van der Waals surface area contributed by atoms with Gasteiger partial charge in [0.2, 0.25) is 0 Å². The van der Waals surface area contributed by atoms with Gasteiger partial charge in [0.05, 0.1) is 7.11 Å². The molecule has 0 spiro atoms. The number of benzene rings is 2. The largest absolute Gasteiger partial charge is 0.494 e. The molecule has 0 aliphatic rings. The summed E-state index contributed by atoms with van der Waals surface area (Å²) >= 11 is 0. The maximum absolute atomic E-state index is 14.1. The van der Waals surface area contributed by atoms with Crippen LogP contribution < -0.4 is 4.74 Å². The summed E-state index contributed by atoms with van der Waals surface area (Å²) in [6.45, 7) is 0. The standard InChI is InChI=1S/C14H10F3NO2/c1-20-12-4-2-3-9(13(12)17)14(18-19)8-5-6-10(15)11(16)7-8/h2-7,19H,1H3/b18-14-. The molecule has 104 valence electrons. The molecule has 0 fully saturated rings. The van der Waals surface area contributed by atoms with Crippen LogP contribution in [-0.2, 0) is 0 Å². The Morgan fingerprint density at radius 2 is 1.85 bits per heavy atom. The topological polar surface area (TPSA) is 41.8 Å². The normalized spacial score (nSPS) is 11.5. The van der Waals surface area contributed by atoms with Crippen molar-refractivity contribution in [2.24, 2.45) is 5.16 Å². The third-order valence-electron chi connectivity index (χ3n) is 2.73. The van der Waals surface area contributed by atoms with Gasteiger partial charge < -0.3 is 9.94 Å². The summed E-state index contributed by atoms with van der Waals surface area (Å²) in [7, 11) is 1.29. The molecule has 20 heavy (non-hydrogen) atoms. The predicted molar refractivity (Wildman–Crippen MR) is 66.7 cm³/mol. The summed E-state index contributed by atoms with van der Waals surface area (Å²) in [5, 5.41) is 12.0. The van der Waals surface area contributed by atoms with E-state index in [1.54, 1.807) is 0 Å². The van der Waals surface area contributed by atoms with Crippen LogP contribution >= 0.6 is 0 Å². The highest BCUT2D eigenvalue weighted by Crippen LogP contribution is 2.23. The van der Waals surface area contributed by atoms with E-state index in [2.05, 4.69) is 5.16 Å².